The molecular formula is C8H13F2NO2. The van der Waals surface area contributed by atoms with E-state index in [9.17, 15) is 13.6 Å². The molecule has 1 aliphatic rings. The Balaban J connectivity index is 2.82. The molecule has 1 fully saturated rings. The minimum atomic E-state index is -2.87. The molecule has 0 saturated heterocycles. The zero-order chi connectivity index (χ0) is 10.1. The standard InChI is InChI=1S/C8H13F2NO2/c9-8(10)3-1-2-7(4-8,5-12)6(11)13/h12H,1-5H2,(H2,11,13)/t7-/m1/s1. The third kappa shape index (κ3) is 1.96. The molecule has 13 heavy (non-hydrogen) atoms. The number of aliphatic hydroxyl groups excluding tert-OH is 1. The summed E-state index contributed by atoms with van der Waals surface area (Å²) in [5.41, 5.74) is 3.60. The molecule has 0 aromatic carbocycles. The number of carbonyl (C=O) groups excluding carboxylic acids is 1. The second-order valence-electron chi connectivity index (χ2n) is 3.69. The van der Waals surface area contributed by atoms with E-state index in [-0.39, 0.29) is 19.3 Å². The van der Waals surface area contributed by atoms with Crippen molar-refractivity contribution in [3.8, 4) is 0 Å². The molecule has 3 nitrogen and oxygen atoms in total. The van der Waals surface area contributed by atoms with Crippen LogP contribution in [0.15, 0.2) is 0 Å². The number of primary amides is 1. The summed E-state index contributed by atoms with van der Waals surface area (Å²) in [4.78, 5) is 10.9. The molecule has 0 unspecified atom stereocenters. The predicted molar refractivity (Wildman–Crippen MR) is 42.1 cm³/mol. The minimum Gasteiger partial charge on any atom is -0.395 e. The van der Waals surface area contributed by atoms with Gasteiger partial charge in [0.1, 0.15) is 0 Å². The molecule has 3 N–H and O–H groups in total. The molecule has 1 saturated carbocycles. The fourth-order valence-corrected chi connectivity index (χ4v) is 1.78. The van der Waals surface area contributed by atoms with Gasteiger partial charge in [0.05, 0.1) is 12.0 Å². The molecule has 5 heteroatoms. The van der Waals surface area contributed by atoms with Crippen molar-refractivity contribution in [2.75, 3.05) is 6.61 Å². The van der Waals surface area contributed by atoms with Gasteiger partial charge in [-0.3, -0.25) is 4.79 Å². The smallest absolute Gasteiger partial charge is 0.249 e. The molecule has 1 aliphatic carbocycles. The first-order chi connectivity index (χ1) is 5.92. The lowest BCUT2D eigenvalue weighted by atomic mass is 9.72. The highest BCUT2D eigenvalue weighted by Gasteiger charge is 2.48. The molecule has 0 aromatic heterocycles. The monoisotopic (exact) mass is 193 g/mol. The Bertz CT molecular complexity index is 220. The van der Waals surface area contributed by atoms with E-state index in [1.54, 1.807) is 0 Å². The maximum atomic E-state index is 12.9. The Morgan fingerprint density at radius 1 is 1.46 bits per heavy atom. The minimum absolute atomic E-state index is 0.220. The summed E-state index contributed by atoms with van der Waals surface area (Å²) in [5, 5.41) is 8.91. The number of rotatable bonds is 2. The molecule has 1 atom stereocenters. The van der Waals surface area contributed by atoms with Crippen LogP contribution >= 0.6 is 0 Å². The van der Waals surface area contributed by atoms with Gasteiger partial charge in [-0.1, -0.05) is 0 Å². The van der Waals surface area contributed by atoms with E-state index in [1.807, 2.05) is 0 Å². The average Bonchev–Trinajstić information content (AvgIpc) is 2.02. The molecule has 0 heterocycles. The summed E-state index contributed by atoms with van der Waals surface area (Å²) in [5.74, 6) is -3.69. The van der Waals surface area contributed by atoms with E-state index in [1.165, 1.54) is 0 Å². The maximum absolute atomic E-state index is 12.9. The summed E-state index contributed by atoms with van der Waals surface area (Å²) < 4.78 is 25.9. The zero-order valence-corrected chi connectivity index (χ0v) is 7.22. The molecule has 0 aromatic rings. The fourth-order valence-electron chi connectivity index (χ4n) is 1.78. The SMILES string of the molecule is NC(=O)[C@]1(CO)CCCC(F)(F)C1. The topological polar surface area (TPSA) is 63.3 Å². The van der Waals surface area contributed by atoms with Gasteiger partial charge in [-0.15, -0.1) is 0 Å². The Labute approximate surface area is 74.9 Å². The van der Waals surface area contributed by atoms with E-state index in [2.05, 4.69) is 0 Å². The van der Waals surface area contributed by atoms with Gasteiger partial charge in [0.25, 0.3) is 0 Å². The van der Waals surface area contributed by atoms with Crippen LogP contribution in [0.2, 0.25) is 0 Å². The number of hydrogen-bond acceptors (Lipinski definition) is 2. The number of nitrogens with two attached hydrogens (primary N) is 1. The summed E-state index contributed by atoms with van der Waals surface area (Å²) in [6.07, 6.45) is -0.348. The maximum Gasteiger partial charge on any atom is 0.249 e. The van der Waals surface area contributed by atoms with Crippen molar-refractivity contribution in [1.82, 2.24) is 0 Å². The van der Waals surface area contributed by atoms with Crippen molar-refractivity contribution in [2.24, 2.45) is 11.1 Å². The number of amides is 1. The van der Waals surface area contributed by atoms with Gasteiger partial charge in [0.15, 0.2) is 0 Å². The number of aliphatic hydroxyl groups is 1. The van der Waals surface area contributed by atoms with Crippen LogP contribution in [0.1, 0.15) is 25.7 Å². The highest BCUT2D eigenvalue weighted by Crippen LogP contribution is 2.44. The Hall–Kier alpha value is -0.710. The van der Waals surface area contributed by atoms with Crippen LogP contribution in [0.25, 0.3) is 0 Å². The van der Waals surface area contributed by atoms with Gasteiger partial charge in [0.2, 0.25) is 11.8 Å². The van der Waals surface area contributed by atoms with Crippen LogP contribution in [0, 0.1) is 5.41 Å². The van der Waals surface area contributed by atoms with E-state index in [4.69, 9.17) is 10.8 Å². The first kappa shape index (κ1) is 10.4. The van der Waals surface area contributed by atoms with Gasteiger partial charge in [-0.25, -0.2) is 8.78 Å². The third-order valence-electron chi connectivity index (χ3n) is 2.62. The van der Waals surface area contributed by atoms with Gasteiger partial charge < -0.3 is 10.8 Å². The second kappa shape index (κ2) is 3.21. The molecule has 0 spiro atoms. The Morgan fingerprint density at radius 3 is 2.38 bits per heavy atom. The number of hydrogen-bond donors (Lipinski definition) is 2. The van der Waals surface area contributed by atoms with E-state index in [0.29, 0.717) is 0 Å². The third-order valence-corrected chi connectivity index (χ3v) is 2.62. The lowest BCUT2D eigenvalue weighted by molar-refractivity contribution is -0.146. The van der Waals surface area contributed by atoms with E-state index >= 15 is 0 Å². The molecule has 0 radical (unpaired) electrons. The van der Waals surface area contributed by atoms with Crippen molar-refractivity contribution in [2.45, 2.75) is 31.6 Å². The molecule has 1 rings (SSSR count). The summed E-state index contributed by atoms with van der Waals surface area (Å²) >= 11 is 0. The fraction of sp³-hybridized carbons (Fsp3) is 0.875. The van der Waals surface area contributed by atoms with Crippen molar-refractivity contribution in [3.63, 3.8) is 0 Å². The van der Waals surface area contributed by atoms with Gasteiger partial charge in [0, 0.05) is 12.8 Å². The van der Waals surface area contributed by atoms with E-state index < -0.39 is 30.3 Å². The highest BCUT2D eigenvalue weighted by atomic mass is 19.3. The van der Waals surface area contributed by atoms with Crippen LogP contribution in [0.4, 0.5) is 8.78 Å². The predicted octanol–water partition coefficient (Wildman–Crippen LogP) is 0.660. The van der Waals surface area contributed by atoms with Crippen LogP contribution < -0.4 is 5.73 Å². The van der Waals surface area contributed by atoms with Crippen LogP contribution in [0.5, 0.6) is 0 Å². The van der Waals surface area contributed by atoms with Gasteiger partial charge >= 0.3 is 0 Å². The molecule has 0 aliphatic heterocycles. The van der Waals surface area contributed by atoms with Crippen LogP contribution in [-0.2, 0) is 4.79 Å². The lowest BCUT2D eigenvalue weighted by Gasteiger charge is -2.36. The van der Waals surface area contributed by atoms with Crippen LogP contribution in [0.3, 0.4) is 0 Å². The van der Waals surface area contributed by atoms with Crippen molar-refractivity contribution in [1.29, 1.82) is 0 Å². The second-order valence-corrected chi connectivity index (χ2v) is 3.69. The quantitative estimate of drug-likeness (QED) is 0.676. The highest BCUT2D eigenvalue weighted by molar-refractivity contribution is 5.81. The van der Waals surface area contributed by atoms with Gasteiger partial charge in [-0.2, -0.15) is 0 Å². The average molecular weight is 193 g/mol. The first-order valence-corrected chi connectivity index (χ1v) is 4.20. The van der Waals surface area contributed by atoms with Crippen LogP contribution in [-0.4, -0.2) is 23.5 Å². The van der Waals surface area contributed by atoms with Crippen molar-refractivity contribution >= 4 is 5.91 Å². The first-order valence-electron chi connectivity index (χ1n) is 4.20. The van der Waals surface area contributed by atoms with Crippen molar-refractivity contribution < 1.29 is 18.7 Å². The molecular weight excluding hydrogens is 180 g/mol. The number of halogens is 2. The number of alkyl halides is 2. The number of carbonyl (C=O) groups is 1. The summed E-state index contributed by atoms with van der Waals surface area (Å²) in [7, 11) is 0. The molecule has 1 amide bonds. The summed E-state index contributed by atoms with van der Waals surface area (Å²) in [6, 6.07) is 0. The van der Waals surface area contributed by atoms with Crippen molar-refractivity contribution in [3.05, 3.63) is 0 Å². The van der Waals surface area contributed by atoms with Gasteiger partial charge in [-0.05, 0) is 12.8 Å². The normalized spacial score (nSPS) is 32.8. The Morgan fingerprint density at radius 2 is 2.08 bits per heavy atom. The lowest BCUT2D eigenvalue weighted by Crippen LogP contribution is -2.47. The molecule has 76 valence electrons. The molecule has 0 bridgehead atoms. The van der Waals surface area contributed by atoms with E-state index in [0.717, 1.165) is 0 Å². The largest absolute Gasteiger partial charge is 0.395 e. The summed E-state index contributed by atoms with van der Waals surface area (Å²) in [6.45, 7) is -0.585. The Kier molecular flexibility index (Phi) is 2.56. The zero-order valence-electron chi connectivity index (χ0n) is 7.22.